The van der Waals surface area contributed by atoms with E-state index < -0.39 is 11.9 Å². The van der Waals surface area contributed by atoms with Crippen LogP contribution in [0.3, 0.4) is 0 Å². The summed E-state index contributed by atoms with van der Waals surface area (Å²) in [5.74, 6) is -1.22. The van der Waals surface area contributed by atoms with E-state index >= 15 is 0 Å². The first-order valence-electron chi connectivity index (χ1n) is 6.85. The standard InChI is InChI=1S/C18H16O5/c1-3-13-5-4-6-15(16(13)17(19)20)23-11-12-7-9-14(10-8-12)18(21)22-2/h3-10H,1,11H2,2H3,(H,19,20). The molecule has 0 unspecified atom stereocenters. The molecule has 0 spiro atoms. The van der Waals surface area contributed by atoms with Crippen molar-refractivity contribution in [2.24, 2.45) is 0 Å². The van der Waals surface area contributed by atoms with Gasteiger partial charge < -0.3 is 14.6 Å². The molecule has 118 valence electrons. The van der Waals surface area contributed by atoms with E-state index in [0.29, 0.717) is 11.1 Å². The summed E-state index contributed by atoms with van der Waals surface area (Å²) in [7, 11) is 1.32. The van der Waals surface area contributed by atoms with Crippen molar-refractivity contribution < 1.29 is 24.2 Å². The van der Waals surface area contributed by atoms with Crippen LogP contribution in [0, 0.1) is 0 Å². The molecule has 5 heteroatoms. The van der Waals surface area contributed by atoms with Crippen molar-refractivity contribution in [2.75, 3.05) is 7.11 Å². The highest BCUT2D eigenvalue weighted by Gasteiger charge is 2.15. The molecule has 0 amide bonds. The molecular weight excluding hydrogens is 296 g/mol. The van der Waals surface area contributed by atoms with E-state index in [0.717, 1.165) is 5.56 Å². The Morgan fingerprint density at radius 2 is 1.87 bits per heavy atom. The molecule has 2 aromatic carbocycles. The molecule has 0 aliphatic carbocycles. The number of methoxy groups -OCH3 is 1. The maximum Gasteiger partial charge on any atom is 0.340 e. The second kappa shape index (κ2) is 7.26. The molecule has 0 saturated heterocycles. The largest absolute Gasteiger partial charge is 0.488 e. The molecule has 0 saturated carbocycles. The molecule has 0 aliphatic rings. The number of esters is 1. The van der Waals surface area contributed by atoms with Crippen LogP contribution in [-0.2, 0) is 11.3 Å². The highest BCUT2D eigenvalue weighted by Crippen LogP contribution is 2.24. The number of aromatic carboxylic acids is 1. The summed E-state index contributed by atoms with van der Waals surface area (Å²) in [5, 5.41) is 9.32. The Hall–Kier alpha value is -3.08. The number of carbonyl (C=O) groups excluding carboxylic acids is 1. The lowest BCUT2D eigenvalue weighted by Crippen LogP contribution is -2.06. The highest BCUT2D eigenvalue weighted by atomic mass is 16.5. The molecule has 0 aliphatic heterocycles. The van der Waals surface area contributed by atoms with Crippen molar-refractivity contribution in [1.29, 1.82) is 0 Å². The Morgan fingerprint density at radius 1 is 1.17 bits per heavy atom. The van der Waals surface area contributed by atoms with E-state index in [-0.39, 0.29) is 17.9 Å². The average Bonchev–Trinajstić information content (AvgIpc) is 2.59. The van der Waals surface area contributed by atoms with Crippen LogP contribution in [0.2, 0.25) is 0 Å². The normalized spacial score (nSPS) is 9.96. The second-order valence-corrected chi connectivity index (χ2v) is 4.71. The Kier molecular flexibility index (Phi) is 5.15. The Balaban J connectivity index is 2.16. The summed E-state index contributed by atoms with van der Waals surface area (Å²) in [4.78, 5) is 22.8. The number of rotatable bonds is 6. The lowest BCUT2D eigenvalue weighted by Gasteiger charge is -2.11. The van der Waals surface area contributed by atoms with Gasteiger partial charge in [0.25, 0.3) is 0 Å². The average molecular weight is 312 g/mol. The minimum Gasteiger partial charge on any atom is -0.488 e. The molecule has 0 heterocycles. The predicted octanol–water partition coefficient (Wildman–Crippen LogP) is 3.39. The van der Waals surface area contributed by atoms with E-state index in [1.807, 2.05) is 0 Å². The minimum atomic E-state index is -1.07. The molecule has 2 aromatic rings. The van der Waals surface area contributed by atoms with Crippen molar-refractivity contribution in [3.63, 3.8) is 0 Å². The molecule has 5 nitrogen and oxygen atoms in total. The topological polar surface area (TPSA) is 72.8 Å². The van der Waals surface area contributed by atoms with Gasteiger partial charge in [0.1, 0.15) is 17.9 Å². The summed E-state index contributed by atoms with van der Waals surface area (Å²) >= 11 is 0. The molecule has 0 radical (unpaired) electrons. The van der Waals surface area contributed by atoms with E-state index in [2.05, 4.69) is 11.3 Å². The zero-order valence-corrected chi connectivity index (χ0v) is 12.6. The van der Waals surface area contributed by atoms with Crippen LogP contribution in [0.4, 0.5) is 0 Å². The van der Waals surface area contributed by atoms with Gasteiger partial charge in [-0.2, -0.15) is 0 Å². The molecule has 1 N–H and O–H groups in total. The van der Waals surface area contributed by atoms with E-state index in [1.54, 1.807) is 42.5 Å². The number of ether oxygens (including phenoxy) is 2. The monoisotopic (exact) mass is 312 g/mol. The number of hydrogen-bond acceptors (Lipinski definition) is 4. The number of benzene rings is 2. The SMILES string of the molecule is C=Cc1cccc(OCc2ccc(C(=O)OC)cc2)c1C(=O)O. The summed E-state index contributed by atoms with van der Waals surface area (Å²) in [6, 6.07) is 11.7. The zero-order valence-electron chi connectivity index (χ0n) is 12.6. The first-order valence-corrected chi connectivity index (χ1v) is 6.85. The Bertz CT molecular complexity index is 732. The van der Waals surface area contributed by atoms with E-state index in [9.17, 15) is 14.7 Å². The number of hydrogen-bond donors (Lipinski definition) is 1. The van der Waals surface area contributed by atoms with Crippen LogP contribution in [0.25, 0.3) is 6.08 Å². The zero-order chi connectivity index (χ0) is 16.8. The van der Waals surface area contributed by atoms with Crippen LogP contribution in [0.1, 0.15) is 31.8 Å². The van der Waals surface area contributed by atoms with Crippen LogP contribution in [0.5, 0.6) is 5.75 Å². The van der Waals surface area contributed by atoms with E-state index in [1.165, 1.54) is 13.2 Å². The van der Waals surface area contributed by atoms with Gasteiger partial charge in [-0.25, -0.2) is 9.59 Å². The van der Waals surface area contributed by atoms with Gasteiger partial charge in [-0.05, 0) is 29.3 Å². The second-order valence-electron chi connectivity index (χ2n) is 4.71. The lowest BCUT2D eigenvalue weighted by molar-refractivity contribution is 0.0599. The summed E-state index contributed by atoms with van der Waals surface area (Å²) < 4.78 is 10.2. The summed E-state index contributed by atoms with van der Waals surface area (Å²) in [6.45, 7) is 3.79. The smallest absolute Gasteiger partial charge is 0.340 e. The number of carboxylic acids is 1. The van der Waals surface area contributed by atoms with Crippen molar-refractivity contribution >= 4 is 18.0 Å². The van der Waals surface area contributed by atoms with Crippen LogP contribution in [0.15, 0.2) is 49.0 Å². The molecule has 0 bridgehead atoms. The Morgan fingerprint density at radius 3 is 2.43 bits per heavy atom. The van der Waals surface area contributed by atoms with Crippen molar-refractivity contribution in [3.8, 4) is 5.75 Å². The number of carbonyl (C=O) groups is 2. The van der Waals surface area contributed by atoms with Gasteiger partial charge in [0.05, 0.1) is 12.7 Å². The summed E-state index contributed by atoms with van der Waals surface area (Å²) in [6.07, 6.45) is 1.47. The summed E-state index contributed by atoms with van der Waals surface area (Å²) in [5.41, 5.74) is 1.82. The van der Waals surface area contributed by atoms with Crippen molar-refractivity contribution in [1.82, 2.24) is 0 Å². The van der Waals surface area contributed by atoms with Gasteiger partial charge in [-0.15, -0.1) is 0 Å². The molecule has 23 heavy (non-hydrogen) atoms. The first kappa shape index (κ1) is 16.3. The van der Waals surface area contributed by atoms with Crippen LogP contribution >= 0.6 is 0 Å². The fourth-order valence-electron chi connectivity index (χ4n) is 2.08. The fourth-order valence-corrected chi connectivity index (χ4v) is 2.08. The van der Waals surface area contributed by atoms with Crippen LogP contribution in [-0.4, -0.2) is 24.2 Å². The van der Waals surface area contributed by atoms with Gasteiger partial charge in [-0.1, -0.05) is 36.9 Å². The molecular formula is C18H16O5. The molecule has 0 fully saturated rings. The maximum atomic E-state index is 11.4. The minimum absolute atomic E-state index is 0.0775. The third-order valence-corrected chi connectivity index (χ3v) is 3.26. The van der Waals surface area contributed by atoms with Gasteiger partial charge in [0.15, 0.2) is 0 Å². The molecule has 2 rings (SSSR count). The van der Waals surface area contributed by atoms with E-state index in [4.69, 9.17) is 4.74 Å². The number of carboxylic acid groups (broad SMARTS) is 1. The lowest BCUT2D eigenvalue weighted by atomic mass is 10.1. The molecule has 0 aromatic heterocycles. The maximum absolute atomic E-state index is 11.4. The Labute approximate surface area is 133 Å². The van der Waals surface area contributed by atoms with Crippen molar-refractivity contribution in [3.05, 3.63) is 71.3 Å². The third-order valence-electron chi connectivity index (χ3n) is 3.26. The predicted molar refractivity (Wildman–Crippen MR) is 85.6 cm³/mol. The van der Waals surface area contributed by atoms with Gasteiger partial charge in [0.2, 0.25) is 0 Å². The van der Waals surface area contributed by atoms with Crippen molar-refractivity contribution in [2.45, 2.75) is 6.61 Å². The third kappa shape index (κ3) is 3.77. The first-order chi connectivity index (χ1) is 11.1. The fraction of sp³-hybridized carbons (Fsp3) is 0.111. The quantitative estimate of drug-likeness (QED) is 0.828. The van der Waals surface area contributed by atoms with Gasteiger partial charge >= 0.3 is 11.9 Å². The van der Waals surface area contributed by atoms with Crippen LogP contribution < -0.4 is 4.74 Å². The molecule has 0 atom stereocenters. The highest BCUT2D eigenvalue weighted by molar-refractivity contribution is 5.95. The van der Waals surface area contributed by atoms with Gasteiger partial charge in [-0.3, -0.25) is 0 Å². The van der Waals surface area contributed by atoms with Gasteiger partial charge in [0, 0.05) is 0 Å².